The van der Waals surface area contributed by atoms with Crippen LogP contribution in [0.2, 0.25) is 0 Å². The summed E-state index contributed by atoms with van der Waals surface area (Å²) in [4.78, 5) is 15.8. The summed E-state index contributed by atoms with van der Waals surface area (Å²) in [5.74, 6) is -0.0780. The highest BCUT2D eigenvalue weighted by Crippen LogP contribution is 1.85. The van der Waals surface area contributed by atoms with Crippen molar-refractivity contribution in [3.05, 3.63) is 21.2 Å². The first kappa shape index (κ1) is 14.2. The summed E-state index contributed by atoms with van der Waals surface area (Å²) in [5, 5.41) is 16.8. The monoisotopic (exact) mass is 254 g/mol. The van der Waals surface area contributed by atoms with E-state index in [4.69, 9.17) is 9.84 Å². The van der Waals surface area contributed by atoms with Crippen LogP contribution in [0.4, 0.5) is 0 Å². The predicted molar refractivity (Wildman–Crippen MR) is 67.0 cm³/mol. The number of rotatable bonds is 5. The number of aromatic amines is 1. The molecule has 1 heterocycles. The Morgan fingerprint density at radius 1 is 1.56 bits per heavy atom. The number of aromatic nitrogens is 3. The van der Waals surface area contributed by atoms with Gasteiger partial charge in [0.15, 0.2) is 10.8 Å². The number of nitrogens with zero attached hydrogens (tertiary/aromatic N) is 3. The van der Waals surface area contributed by atoms with Gasteiger partial charge in [0.1, 0.15) is 12.5 Å². The molecule has 0 unspecified atom stereocenters. The van der Waals surface area contributed by atoms with Crippen molar-refractivity contribution in [3.63, 3.8) is 0 Å². The summed E-state index contributed by atoms with van der Waals surface area (Å²) >= 11 is 0. The number of hydrogen-bond donors (Lipinski definition) is 2. The first-order valence-corrected chi connectivity index (χ1v) is 5.67. The zero-order valence-corrected chi connectivity index (χ0v) is 10.8. The molecule has 0 aromatic carbocycles. The van der Waals surface area contributed by atoms with Crippen LogP contribution in [-0.2, 0) is 4.74 Å². The van der Waals surface area contributed by atoms with Crippen LogP contribution in [0.15, 0.2) is 4.79 Å². The van der Waals surface area contributed by atoms with Crippen LogP contribution >= 0.6 is 0 Å². The Kier molecular flexibility index (Phi) is 5.31. The smallest absolute Gasteiger partial charge is 0.278 e. The Balaban J connectivity index is 2.90. The van der Waals surface area contributed by atoms with Gasteiger partial charge in [-0.2, -0.15) is 0 Å². The Labute approximate surface area is 104 Å². The van der Waals surface area contributed by atoms with E-state index in [0.717, 1.165) is 6.42 Å². The number of hydrogen-bond acceptors (Lipinski definition) is 6. The fourth-order valence-corrected chi connectivity index (χ4v) is 1.19. The lowest BCUT2D eigenvalue weighted by Crippen LogP contribution is -2.41. The van der Waals surface area contributed by atoms with E-state index in [2.05, 4.69) is 15.2 Å². The third-order valence-electron chi connectivity index (χ3n) is 2.05. The highest BCUT2D eigenvalue weighted by Gasteiger charge is 1.97. The van der Waals surface area contributed by atoms with Gasteiger partial charge in [0.05, 0.1) is 0 Å². The highest BCUT2D eigenvalue weighted by molar-refractivity contribution is 5.23. The van der Waals surface area contributed by atoms with E-state index >= 15 is 0 Å². The second-order valence-corrected chi connectivity index (χ2v) is 3.90. The third-order valence-corrected chi connectivity index (χ3v) is 2.05. The number of H-pyrrole nitrogens is 1. The molecule has 0 aliphatic carbocycles. The molecule has 0 fully saturated rings. The van der Waals surface area contributed by atoms with Crippen LogP contribution in [-0.4, -0.2) is 45.6 Å². The van der Waals surface area contributed by atoms with E-state index in [0.29, 0.717) is 13.3 Å². The van der Waals surface area contributed by atoms with Gasteiger partial charge in [-0.15, -0.1) is 10.2 Å². The summed E-state index contributed by atoms with van der Waals surface area (Å²) in [6.07, 6.45) is 2.48. The first-order chi connectivity index (χ1) is 8.54. The van der Waals surface area contributed by atoms with E-state index in [9.17, 15) is 4.79 Å². The Morgan fingerprint density at radius 2 is 2.28 bits per heavy atom. The molecule has 0 radical (unpaired) electrons. The zero-order chi connectivity index (χ0) is 13.5. The summed E-state index contributed by atoms with van der Waals surface area (Å²) < 4.78 is 5.31. The minimum absolute atomic E-state index is 0.0713. The largest absolute Gasteiger partial charge is 0.509 e. The van der Waals surface area contributed by atoms with Crippen molar-refractivity contribution < 1.29 is 9.84 Å². The van der Waals surface area contributed by atoms with Crippen molar-refractivity contribution in [1.29, 1.82) is 0 Å². The fourth-order valence-electron chi connectivity index (χ4n) is 1.19. The zero-order valence-electron chi connectivity index (χ0n) is 10.8. The predicted octanol–water partition coefficient (Wildman–Crippen LogP) is -1.10. The summed E-state index contributed by atoms with van der Waals surface area (Å²) in [5.41, 5.74) is -0.335. The average molecular weight is 254 g/mol. The maximum Gasteiger partial charge on any atom is 0.278 e. The Bertz CT molecular complexity index is 548. The number of aliphatic hydroxyl groups excluding tert-OH is 1. The molecule has 0 saturated carbocycles. The molecule has 1 rings (SSSR count). The van der Waals surface area contributed by atoms with Gasteiger partial charge in [0.2, 0.25) is 0 Å². The van der Waals surface area contributed by atoms with Gasteiger partial charge < -0.3 is 19.7 Å². The SMILES string of the molecule is CCCOCN(C)/C=c1\nnc(=C(C)O)[nH]c1=O. The van der Waals surface area contributed by atoms with Crippen LogP contribution in [0.25, 0.3) is 12.0 Å². The lowest BCUT2D eigenvalue weighted by Gasteiger charge is -2.12. The van der Waals surface area contributed by atoms with Crippen LogP contribution in [0, 0.1) is 0 Å². The third kappa shape index (κ3) is 4.17. The van der Waals surface area contributed by atoms with Crippen molar-refractivity contribution in [2.24, 2.45) is 0 Å². The second-order valence-electron chi connectivity index (χ2n) is 3.90. The molecule has 7 heteroatoms. The average Bonchev–Trinajstić information content (AvgIpc) is 2.32. The quantitative estimate of drug-likeness (QED) is 0.512. The molecule has 18 heavy (non-hydrogen) atoms. The standard InChI is InChI=1S/C11H18N4O3/c1-4-5-18-7-15(3)6-9-11(17)12-10(8(2)16)14-13-9/h6,16H,4-5,7H2,1-3H3,(H,12,17)/b9-6-,10-8?. The molecule has 2 N–H and O–H groups in total. The van der Waals surface area contributed by atoms with Gasteiger partial charge in [0, 0.05) is 19.9 Å². The van der Waals surface area contributed by atoms with Crippen molar-refractivity contribution in [2.75, 3.05) is 20.4 Å². The number of aliphatic hydroxyl groups is 1. The molecule has 0 amide bonds. The van der Waals surface area contributed by atoms with Gasteiger partial charge in [-0.3, -0.25) is 4.79 Å². The first-order valence-electron chi connectivity index (χ1n) is 5.67. The van der Waals surface area contributed by atoms with Crippen LogP contribution in [0.3, 0.4) is 0 Å². The van der Waals surface area contributed by atoms with Crippen LogP contribution in [0.1, 0.15) is 20.3 Å². The molecule has 0 bridgehead atoms. The van der Waals surface area contributed by atoms with Crippen molar-refractivity contribution in [2.45, 2.75) is 20.3 Å². The van der Waals surface area contributed by atoms with Gasteiger partial charge >= 0.3 is 0 Å². The molecule has 0 aliphatic rings. The molecule has 1 aromatic rings. The molecule has 0 aliphatic heterocycles. The number of nitrogens with one attached hydrogen (secondary N) is 1. The van der Waals surface area contributed by atoms with Gasteiger partial charge in [-0.25, -0.2) is 0 Å². The van der Waals surface area contributed by atoms with E-state index in [1.54, 1.807) is 11.9 Å². The van der Waals surface area contributed by atoms with E-state index in [1.165, 1.54) is 13.1 Å². The van der Waals surface area contributed by atoms with Gasteiger partial charge in [-0.05, 0) is 13.3 Å². The minimum atomic E-state index is -0.407. The lowest BCUT2D eigenvalue weighted by molar-refractivity contribution is 0.0740. The molecule has 0 spiro atoms. The molecule has 1 aromatic heterocycles. The van der Waals surface area contributed by atoms with E-state index < -0.39 is 5.56 Å². The van der Waals surface area contributed by atoms with Gasteiger partial charge in [0.25, 0.3) is 5.56 Å². The summed E-state index contributed by atoms with van der Waals surface area (Å²) in [7, 11) is 1.77. The second kappa shape index (κ2) is 6.75. The molecular formula is C11H18N4O3. The molecule has 0 saturated heterocycles. The Morgan fingerprint density at radius 3 is 2.83 bits per heavy atom. The van der Waals surface area contributed by atoms with Crippen molar-refractivity contribution >= 4 is 12.0 Å². The maximum absolute atomic E-state index is 11.6. The molecule has 7 nitrogen and oxygen atoms in total. The Hall–Kier alpha value is -1.89. The van der Waals surface area contributed by atoms with Crippen molar-refractivity contribution in [3.8, 4) is 0 Å². The van der Waals surface area contributed by atoms with Crippen LogP contribution in [0.5, 0.6) is 0 Å². The highest BCUT2D eigenvalue weighted by atomic mass is 16.5. The topological polar surface area (TPSA) is 91.3 Å². The number of ether oxygens (including phenoxy) is 1. The molecular weight excluding hydrogens is 236 g/mol. The lowest BCUT2D eigenvalue weighted by atomic mass is 10.5. The fraction of sp³-hybridized carbons (Fsp3) is 0.545. The van der Waals surface area contributed by atoms with E-state index in [-0.39, 0.29) is 16.6 Å². The van der Waals surface area contributed by atoms with Crippen LogP contribution < -0.4 is 16.4 Å². The minimum Gasteiger partial charge on any atom is -0.509 e. The maximum atomic E-state index is 11.6. The van der Waals surface area contributed by atoms with E-state index in [1.807, 2.05) is 6.92 Å². The molecule has 100 valence electrons. The van der Waals surface area contributed by atoms with Crippen molar-refractivity contribution in [1.82, 2.24) is 20.1 Å². The summed E-state index contributed by atoms with van der Waals surface area (Å²) in [6.45, 7) is 4.49. The normalized spacial score (nSPS) is 13.6. The molecule has 0 atom stereocenters. The summed E-state index contributed by atoms with van der Waals surface area (Å²) in [6, 6.07) is 0. The van der Waals surface area contributed by atoms with Gasteiger partial charge in [-0.1, -0.05) is 6.92 Å².